The van der Waals surface area contributed by atoms with Crippen molar-refractivity contribution in [2.75, 3.05) is 6.61 Å². The zero-order chi connectivity index (χ0) is 16.9. The van der Waals surface area contributed by atoms with Crippen molar-refractivity contribution >= 4 is 11.9 Å². The Kier molecular flexibility index (Phi) is 5.47. The predicted octanol–water partition coefficient (Wildman–Crippen LogP) is 1.86. The van der Waals surface area contributed by atoms with Gasteiger partial charge in [-0.05, 0) is 38.3 Å². The maximum Gasteiger partial charge on any atom is 0.315 e. The van der Waals surface area contributed by atoms with Crippen LogP contribution in [0.3, 0.4) is 0 Å². The summed E-state index contributed by atoms with van der Waals surface area (Å²) in [6.07, 6.45) is 3.00. The molecule has 0 heterocycles. The molecule has 1 aliphatic carbocycles. The van der Waals surface area contributed by atoms with Gasteiger partial charge in [0.1, 0.15) is 17.9 Å². The molecule has 2 rings (SSSR count). The van der Waals surface area contributed by atoms with Crippen molar-refractivity contribution in [1.82, 2.24) is 10.6 Å². The van der Waals surface area contributed by atoms with Crippen LogP contribution in [0.5, 0.6) is 5.75 Å². The van der Waals surface area contributed by atoms with Crippen molar-refractivity contribution < 1.29 is 14.3 Å². The van der Waals surface area contributed by atoms with Gasteiger partial charge in [0.05, 0.1) is 6.04 Å². The summed E-state index contributed by atoms with van der Waals surface area (Å²) in [4.78, 5) is 23.8. The summed E-state index contributed by atoms with van der Waals surface area (Å²) >= 11 is 0. The molecule has 1 aliphatic rings. The summed E-state index contributed by atoms with van der Waals surface area (Å²) in [5.74, 6) is 0.333. The van der Waals surface area contributed by atoms with Crippen molar-refractivity contribution in [3.05, 3.63) is 29.8 Å². The molecule has 0 aliphatic heterocycles. The Morgan fingerprint density at radius 2 is 1.96 bits per heavy atom. The Balaban J connectivity index is 1.83. The first kappa shape index (κ1) is 17.1. The standard InChI is InChI=1S/C17H25N3O3/c1-12-7-3-4-8-14(12)23-11-13(2)19-16(22)20-17(15(18)21)9-5-6-10-17/h3-4,7-8,13H,5-6,9-11H2,1-2H3,(H2,18,21)(H2,19,20,22)/t13-/m1/s1. The molecule has 1 aromatic rings. The van der Waals surface area contributed by atoms with Crippen LogP contribution in [0.2, 0.25) is 0 Å². The number of urea groups is 1. The van der Waals surface area contributed by atoms with Crippen LogP contribution in [0, 0.1) is 6.92 Å². The lowest BCUT2D eigenvalue weighted by atomic mass is 9.97. The van der Waals surface area contributed by atoms with Crippen LogP contribution in [0.25, 0.3) is 0 Å². The molecule has 1 saturated carbocycles. The van der Waals surface area contributed by atoms with E-state index in [9.17, 15) is 9.59 Å². The SMILES string of the molecule is Cc1ccccc1OC[C@@H](C)NC(=O)NC1(C(N)=O)CCCC1. The molecule has 6 nitrogen and oxygen atoms in total. The van der Waals surface area contributed by atoms with E-state index in [1.54, 1.807) is 0 Å². The third kappa shape index (κ3) is 4.37. The summed E-state index contributed by atoms with van der Waals surface area (Å²) in [6, 6.07) is 7.14. The highest BCUT2D eigenvalue weighted by atomic mass is 16.5. The molecule has 0 saturated heterocycles. The molecular formula is C17H25N3O3. The van der Waals surface area contributed by atoms with Crippen molar-refractivity contribution in [2.24, 2.45) is 5.73 Å². The maximum atomic E-state index is 12.1. The molecule has 0 radical (unpaired) electrons. The monoisotopic (exact) mass is 319 g/mol. The van der Waals surface area contributed by atoms with E-state index in [1.807, 2.05) is 38.1 Å². The number of hydrogen-bond acceptors (Lipinski definition) is 3. The number of ether oxygens (including phenoxy) is 1. The number of rotatable bonds is 6. The minimum Gasteiger partial charge on any atom is -0.491 e. The van der Waals surface area contributed by atoms with Gasteiger partial charge in [-0.25, -0.2) is 4.79 Å². The fraction of sp³-hybridized carbons (Fsp3) is 0.529. The number of benzene rings is 1. The topological polar surface area (TPSA) is 93.4 Å². The van der Waals surface area contributed by atoms with Crippen molar-refractivity contribution in [3.63, 3.8) is 0 Å². The molecule has 6 heteroatoms. The molecule has 0 unspecified atom stereocenters. The van der Waals surface area contributed by atoms with Gasteiger partial charge in [0.15, 0.2) is 0 Å². The molecule has 126 valence electrons. The van der Waals surface area contributed by atoms with Crippen LogP contribution in [-0.4, -0.2) is 30.1 Å². The quantitative estimate of drug-likeness (QED) is 0.747. The van der Waals surface area contributed by atoms with E-state index in [4.69, 9.17) is 10.5 Å². The lowest BCUT2D eigenvalue weighted by Crippen LogP contribution is -2.59. The Bertz CT molecular complexity index is 568. The third-order valence-electron chi connectivity index (χ3n) is 4.24. The third-order valence-corrected chi connectivity index (χ3v) is 4.24. The van der Waals surface area contributed by atoms with Crippen LogP contribution in [0.4, 0.5) is 4.79 Å². The van der Waals surface area contributed by atoms with Crippen molar-refractivity contribution in [1.29, 1.82) is 0 Å². The minimum atomic E-state index is -0.902. The fourth-order valence-electron chi connectivity index (χ4n) is 2.86. The molecule has 1 aromatic carbocycles. The maximum absolute atomic E-state index is 12.1. The second-order valence-corrected chi connectivity index (χ2v) is 6.23. The van der Waals surface area contributed by atoms with Gasteiger partial charge < -0.3 is 21.1 Å². The smallest absolute Gasteiger partial charge is 0.315 e. The molecule has 1 fully saturated rings. The number of carbonyl (C=O) groups excluding carboxylic acids is 2. The van der Waals surface area contributed by atoms with Crippen LogP contribution in [0.1, 0.15) is 38.2 Å². The Labute approximate surface area is 136 Å². The van der Waals surface area contributed by atoms with Crippen LogP contribution in [-0.2, 0) is 4.79 Å². The zero-order valence-electron chi connectivity index (χ0n) is 13.7. The van der Waals surface area contributed by atoms with Crippen LogP contribution in [0.15, 0.2) is 24.3 Å². The number of nitrogens with two attached hydrogens (primary N) is 1. The van der Waals surface area contributed by atoms with E-state index in [1.165, 1.54) is 0 Å². The zero-order valence-corrected chi connectivity index (χ0v) is 13.7. The average molecular weight is 319 g/mol. The number of primary amides is 1. The molecule has 1 atom stereocenters. The first-order chi connectivity index (χ1) is 10.9. The highest BCUT2D eigenvalue weighted by Gasteiger charge is 2.41. The van der Waals surface area contributed by atoms with Gasteiger partial charge in [-0.15, -0.1) is 0 Å². The van der Waals surface area contributed by atoms with Gasteiger partial charge >= 0.3 is 6.03 Å². The summed E-state index contributed by atoms with van der Waals surface area (Å²) in [5.41, 5.74) is 5.60. The largest absolute Gasteiger partial charge is 0.491 e. The van der Waals surface area contributed by atoms with E-state index >= 15 is 0 Å². The van der Waals surface area contributed by atoms with Crippen LogP contribution >= 0.6 is 0 Å². The van der Waals surface area contributed by atoms with Gasteiger partial charge in [0, 0.05) is 0 Å². The minimum absolute atomic E-state index is 0.194. The van der Waals surface area contributed by atoms with Gasteiger partial charge in [0.25, 0.3) is 0 Å². The number of aryl methyl sites for hydroxylation is 1. The Morgan fingerprint density at radius 3 is 2.57 bits per heavy atom. The van der Waals surface area contributed by atoms with Gasteiger partial charge in [-0.3, -0.25) is 4.79 Å². The van der Waals surface area contributed by atoms with Gasteiger partial charge in [-0.1, -0.05) is 31.0 Å². The van der Waals surface area contributed by atoms with Crippen molar-refractivity contribution in [2.45, 2.75) is 51.1 Å². The van der Waals surface area contributed by atoms with Crippen LogP contribution < -0.4 is 21.1 Å². The summed E-state index contributed by atoms with van der Waals surface area (Å²) < 4.78 is 5.71. The number of amides is 3. The number of nitrogens with one attached hydrogen (secondary N) is 2. The van der Waals surface area contributed by atoms with Gasteiger partial charge in [0.2, 0.25) is 5.91 Å². The highest BCUT2D eigenvalue weighted by Crippen LogP contribution is 2.29. The van der Waals surface area contributed by atoms with E-state index in [0.29, 0.717) is 19.4 Å². The number of carbonyl (C=O) groups is 2. The molecule has 23 heavy (non-hydrogen) atoms. The molecule has 0 aromatic heterocycles. The number of para-hydroxylation sites is 1. The Hall–Kier alpha value is -2.24. The fourth-order valence-corrected chi connectivity index (χ4v) is 2.86. The highest BCUT2D eigenvalue weighted by molar-refractivity contribution is 5.90. The first-order valence-electron chi connectivity index (χ1n) is 8.00. The van der Waals surface area contributed by atoms with Crippen molar-refractivity contribution in [3.8, 4) is 5.75 Å². The lowest BCUT2D eigenvalue weighted by molar-refractivity contribution is -0.123. The Morgan fingerprint density at radius 1 is 1.30 bits per heavy atom. The normalized spacial score (nSPS) is 17.3. The van der Waals surface area contributed by atoms with E-state index in [-0.39, 0.29) is 12.1 Å². The second-order valence-electron chi connectivity index (χ2n) is 6.23. The average Bonchev–Trinajstić information content (AvgIpc) is 2.96. The summed E-state index contributed by atoms with van der Waals surface area (Å²) in [5, 5.41) is 5.55. The second kappa shape index (κ2) is 7.35. The molecular weight excluding hydrogens is 294 g/mol. The molecule has 0 spiro atoms. The van der Waals surface area contributed by atoms with Gasteiger partial charge in [-0.2, -0.15) is 0 Å². The summed E-state index contributed by atoms with van der Waals surface area (Å²) in [7, 11) is 0. The van der Waals surface area contributed by atoms with E-state index < -0.39 is 11.4 Å². The van der Waals surface area contributed by atoms with E-state index in [2.05, 4.69) is 10.6 Å². The predicted molar refractivity (Wildman–Crippen MR) is 88.2 cm³/mol. The summed E-state index contributed by atoms with van der Waals surface area (Å²) in [6.45, 7) is 4.17. The molecule has 3 amide bonds. The lowest BCUT2D eigenvalue weighted by Gasteiger charge is -2.27. The molecule has 4 N–H and O–H groups in total. The molecule has 0 bridgehead atoms. The first-order valence-corrected chi connectivity index (χ1v) is 8.00. The number of hydrogen-bond donors (Lipinski definition) is 3. The van der Waals surface area contributed by atoms with E-state index in [0.717, 1.165) is 24.2 Å².